The molecule has 0 fully saturated rings. The average molecular weight is 299 g/mol. The molecule has 1 rings (SSSR count). The van der Waals surface area contributed by atoms with Crippen LogP contribution in [0.1, 0.15) is 12.5 Å². The second-order valence-electron chi connectivity index (χ2n) is 3.58. The second kappa shape index (κ2) is 7.78. The molecule has 4 nitrogen and oxygen atoms in total. The summed E-state index contributed by atoms with van der Waals surface area (Å²) in [6.07, 6.45) is 1.27. The molecule has 0 heterocycles. The van der Waals surface area contributed by atoms with E-state index in [-0.39, 0.29) is 13.2 Å². The summed E-state index contributed by atoms with van der Waals surface area (Å²) in [5, 5.41) is 9.86. The van der Waals surface area contributed by atoms with Crippen LogP contribution in [0.3, 0.4) is 0 Å². The van der Waals surface area contributed by atoms with Gasteiger partial charge in [-0.2, -0.15) is 5.26 Å². The van der Waals surface area contributed by atoms with Gasteiger partial charge in [0.15, 0.2) is 5.92 Å². The van der Waals surface area contributed by atoms with Gasteiger partial charge < -0.3 is 4.74 Å². The minimum absolute atomic E-state index is 0.230. The van der Waals surface area contributed by atoms with Crippen LogP contribution in [-0.2, 0) is 16.1 Å². The molecule has 0 aliphatic carbocycles. The van der Waals surface area contributed by atoms with Crippen LogP contribution >= 0.6 is 23.2 Å². The van der Waals surface area contributed by atoms with Crippen LogP contribution < -0.4 is 0 Å². The average Bonchev–Trinajstić information content (AvgIpc) is 2.37. The lowest BCUT2D eigenvalue weighted by molar-refractivity contribution is -0.143. The minimum Gasteiger partial charge on any atom is -0.465 e. The van der Waals surface area contributed by atoms with E-state index >= 15 is 0 Å². The normalized spacial score (nSPS) is 12.1. The van der Waals surface area contributed by atoms with E-state index < -0.39 is 11.9 Å². The predicted octanol–water partition coefficient (Wildman–Crippen LogP) is 3.27. The molecule has 0 saturated carbocycles. The van der Waals surface area contributed by atoms with E-state index in [1.54, 1.807) is 25.1 Å². The Morgan fingerprint density at radius 2 is 2.32 bits per heavy atom. The number of carbonyl (C=O) groups excluding carboxylic acids is 1. The maximum Gasteiger partial charge on any atom is 0.328 e. The number of hydrogen-bond acceptors (Lipinski definition) is 4. The summed E-state index contributed by atoms with van der Waals surface area (Å²) < 4.78 is 4.74. The third-order valence-corrected chi connectivity index (χ3v) is 2.80. The Labute approximate surface area is 121 Å². The number of rotatable bonds is 5. The number of nitriles is 1. The molecule has 19 heavy (non-hydrogen) atoms. The summed E-state index contributed by atoms with van der Waals surface area (Å²) >= 11 is 11.7. The Balaban J connectivity index is 2.66. The highest BCUT2D eigenvalue weighted by Gasteiger charge is 2.16. The molecule has 0 radical (unpaired) electrons. The van der Waals surface area contributed by atoms with Crippen LogP contribution in [0.4, 0.5) is 0 Å². The molecule has 0 N–H and O–H groups in total. The van der Waals surface area contributed by atoms with Gasteiger partial charge in [0.25, 0.3) is 0 Å². The van der Waals surface area contributed by atoms with Crippen molar-refractivity contribution in [3.05, 3.63) is 33.8 Å². The van der Waals surface area contributed by atoms with E-state index in [0.29, 0.717) is 10.0 Å². The molecule has 0 saturated heterocycles. The number of ether oxygens (including phenoxy) is 1. The number of benzene rings is 1. The number of hydrogen-bond donors (Lipinski definition) is 0. The number of aliphatic imine (C=N–C) groups is 1. The Hall–Kier alpha value is -1.57. The van der Waals surface area contributed by atoms with Crippen molar-refractivity contribution in [2.24, 2.45) is 10.9 Å². The molecule has 1 aromatic rings. The highest BCUT2D eigenvalue weighted by atomic mass is 35.5. The van der Waals surface area contributed by atoms with Gasteiger partial charge in [-0.25, -0.2) is 0 Å². The molecule has 0 spiro atoms. The summed E-state index contributed by atoms with van der Waals surface area (Å²) in [6, 6.07) is 6.87. The van der Waals surface area contributed by atoms with Crippen molar-refractivity contribution in [3.8, 4) is 6.07 Å². The lowest BCUT2D eigenvalue weighted by Gasteiger charge is -2.03. The molecular weight excluding hydrogens is 287 g/mol. The molecule has 0 aromatic heterocycles. The molecule has 0 amide bonds. The summed E-state index contributed by atoms with van der Waals surface area (Å²) in [4.78, 5) is 15.4. The van der Waals surface area contributed by atoms with Crippen molar-refractivity contribution in [2.75, 3.05) is 6.61 Å². The lowest BCUT2D eigenvalue weighted by Crippen LogP contribution is -2.17. The van der Waals surface area contributed by atoms with Gasteiger partial charge in [0.05, 0.1) is 19.2 Å². The quantitative estimate of drug-likeness (QED) is 0.619. The van der Waals surface area contributed by atoms with Crippen molar-refractivity contribution in [2.45, 2.75) is 13.5 Å². The molecule has 1 atom stereocenters. The first-order chi connectivity index (χ1) is 9.08. The summed E-state index contributed by atoms with van der Waals surface area (Å²) in [6.45, 7) is 2.18. The van der Waals surface area contributed by atoms with Gasteiger partial charge in [-0.1, -0.05) is 29.3 Å². The van der Waals surface area contributed by atoms with E-state index in [0.717, 1.165) is 5.56 Å². The van der Waals surface area contributed by atoms with Gasteiger partial charge in [0, 0.05) is 16.3 Å². The van der Waals surface area contributed by atoms with E-state index in [9.17, 15) is 4.79 Å². The number of nitrogens with zero attached hydrogens (tertiary/aromatic N) is 2. The van der Waals surface area contributed by atoms with Gasteiger partial charge in [-0.3, -0.25) is 9.79 Å². The topological polar surface area (TPSA) is 62.5 Å². The minimum atomic E-state index is -0.994. The smallest absolute Gasteiger partial charge is 0.328 e. The fourth-order valence-electron chi connectivity index (χ4n) is 1.29. The third-order valence-electron chi connectivity index (χ3n) is 2.21. The first-order valence-electron chi connectivity index (χ1n) is 5.58. The molecular formula is C13H12Cl2N2O2. The van der Waals surface area contributed by atoms with E-state index in [1.807, 2.05) is 6.07 Å². The van der Waals surface area contributed by atoms with Crippen LogP contribution in [0.2, 0.25) is 10.0 Å². The maximum absolute atomic E-state index is 11.3. The Bertz CT molecular complexity index is 524. The zero-order valence-electron chi connectivity index (χ0n) is 10.3. The van der Waals surface area contributed by atoms with Crippen LogP contribution in [-0.4, -0.2) is 18.8 Å². The fraction of sp³-hybridized carbons (Fsp3) is 0.308. The molecule has 100 valence electrons. The van der Waals surface area contributed by atoms with Gasteiger partial charge in [0.2, 0.25) is 0 Å². The highest BCUT2D eigenvalue weighted by molar-refractivity contribution is 6.35. The SMILES string of the molecule is CCOC(=O)[C@@H](C#N)C=NCc1ccc(Cl)cc1Cl. The molecule has 6 heteroatoms. The third kappa shape index (κ3) is 4.90. The molecule has 0 bridgehead atoms. The van der Waals surface area contributed by atoms with Gasteiger partial charge in [0.1, 0.15) is 0 Å². The lowest BCUT2D eigenvalue weighted by atomic mass is 10.2. The zero-order chi connectivity index (χ0) is 14.3. The first-order valence-corrected chi connectivity index (χ1v) is 6.34. The van der Waals surface area contributed by atoms with Crippen molar-refractivity contribution >= 4 is 35.4 Å². The highest BCUT2D eigenvalue weighted by Crippen LogP contribution is 2.21. The molecule has 0 aliphatic rings. The summed E-state index contributed by atoms with van der Waals surface area (Å²) in [7, 11) is 0. The van der Waals surface area contributed by atoms with Crippen molar-refractivity contribution < 1.29 is 9.53 Å². The number of carbonyl (C=O) groups is 1. The van der Waals surface area contributed by atoms with Crippen LogP contribution in [0.25, 0.3) is 0 Å². The Morgan fingerprint density at radius 3 is 2.89 bits per heavy atom. The van der Waals surface area contributed by atoms with E-state index in [2.05, 4.69) is 4.99 Å². The molecule has 1 aromatic carbocycles. The Kier molecular flexibility index (Phi) is 6.34. The van der Waals surface area contributed by atoms with Crippen molar-refractivity contribution in [3.63, 3.8) is 0 Å². The predicted molar refractivity (Wildman–Crippen MR) is 74.4 cm³/mol. The van der Waals surface area contributed by atoms with Gasteiger partial charge in [-0.05, 0) is 24.6 Å². The van der Waals surface area contributed by atoms with Gasteiger partial charge in [-0.15, -0.1) is 0 Å². The first kappa shape index (κ1) is 15.5. The van der Waals surface area contributed by atoms with E-state index in [4.69, 9.17) is 33.2 Å². The van der Waals surface area contributed by atoms with Crippen LogP contribution in [0.15, 0.2) is 23.2 Å². The van der Waals surface area contributed by atoms with Crippen molar-refractivity contribution in [1.29, 1.82) is 5.26 Å². The van der Waals surface area contributed by atoms with Gasteiger partial charge >= 0.3 is 5.97 Å². The standard InChI is InChI=1S/C13H12Cl2N2O2/c1-2-19-13(18)10(6-16)8-17-7-9-3-4-11(14)5-12(9)15/h3-5,8,10H,2,7H2,1H3/t10-/m0/s1. The largest absolute Gasteiger partial charge is 0.465 e. The summed E-state index contributed by atoms with van der Waals surface area (Å²) in [5.41, 5.74) is 0.767. The van der Waals surface area contributed by atoms with E-state index in [1.165, 1.54) is 6.21 Å². The number of halogens is 2. The Morgan fingerprint density at radius 1 is 1.58 bits per heavy atom. The van der Waals surface area contributed by atoms with Crippen molar-refractivity contribution in [1.82, 2.24) is 0 Å². The fourth-order valence-corrected chi connectivity index (χ4v) is 1.75. The zero-order valence-corrected chi connectivity index (χ0v) is 11.8. The van der Waals surface area contributed by atoms with Crippen LogP contribution in [0, 0.1) is 17.2 Å². The monoisotopic (exact) mass is 298 g/mol. The number of esters is 1. The van der Waals surface area contributed by atoms with Crippen LogP contribution in [0.5, 0.6) is 0 Å². The molecule has 0 unspecified atom stereocenters. The maximum atomic E-state index is 11.3. The second-order valence-corrected chi connectivity index (χ2v) is 4.43. The summed E-state index contributed by atoms with van der Waals surface area (Å²) in [5.74, 6) is -1.60. The molecule has 0 aliphatic heterocycles.